The number of halogens is 1. The number of aryl methyl sites for hydroxylation is 1. The fraction of sp³-hybridized carbons (Fsp3) is 0.133. The molecule has 1 unspecified atom stereocenters. The highest BCUT2D eigenvalue weighted by Crippen LogP contribution is 2.18. The maximum Gasteiger partial charge on any atom is 0.215 e. The Labute approximate surface area is 115 Å². The molecular weight excluding hydrogens is 292 g/mol. The Kier molecular flexibility index (Phi) is 4.15. The molecule has 0 heterocycles. The first-order valence-corrected chi connectivity index (χ1v) is 6.55. The summed E-state index contributed by atoms with van der Waals surface area (Å²) in [6, 6.07) is 16.7. The third-order valence-corrected chi connectivity index (χ3v) is 3.13. The van der Waals surface area contributed by atoms with Crippen LogP contribution in [-0.4, -0.2) is 10.8 Å². The first-order chi connectivity index (χ1) is 8.66. The highest BCUT2D eigenvalue weighted by atomic mass is 79.9. The number of hydrogen-bond donors (Lipinski definition) is 0. The van der Waals surface area contributed by atoms with Gasteiger partial charge in [0.05, 0.1) is 0 Å². The van der Waals surface area contributed by atoms with Crippen molar-refractivity contribution in [2.75, 3.05) is 0 Å². The lowest BCUT2D eigenvalue weighted by atomic mass is 10.1. The normalized spacial score (nSPS) is 11.9. The Morgan fingerprint density at radius 3 is 2.28 bits per heavy atom. The van der Waals surface area contributed by atoms with E-state index in [0.717, 1.165) is 5.56 Å². The predicted octanol–water partition coefficient (Wildman–Crippen LogP) is 3.98. The lowest BCUT2D eigenvalue weighted by molar-refractivity contribution is 0.0897. The summed E-state index contributed by atoms with van der Waals surface area (Å²) in [5, 5.41) is -0.664. The molecule has 0 saturated carbocycles. The summed E-state index contributed by atoms with van der Waals surface area (Å²) in [5.74, 6) is 0.586. The van der Waals surface area contributed by atoms with Gasteiger partial charge in [-0.15, -0.1) is 0 Å². The molecule has 0 N–H and O–H groups in total. The summed E-state index contributed by atoms with van der Waals surface area (Å²) in [4.78, 5) is 12.0. The molecule has 0 aromatic heterocycles. The monoisotopic (exact) mass is 304 g/mol. The first kappa shape index (κ1) is 12.8. The number of carbonyl (C=O) groups excluding carboxylic acids is 1. The van der Waals surface area contributed by atoms with Crippen LogP contribution in [0.4, 0.5) is 0 Å². The van der Waals surface area contributed by atoms with E-state index in [-0.39, 0.29) is 5.78 Å². The topological polar surface area (TPSA) is 26.3 Å². The molecule has 0 fully saturated rings. The van der Waals surface area contributed by atoms with Crippen molar-refractivity contribution in [3.05, 3.63) is 65.7 Å². The van der Waals surface area contributed by atoms with Crippen molar-refractivity contribution < 1.29 is 9.53 Å². The number of ketones is 1. The fourth-order valence-electron chi connectivity index (χ4n) is 1.52. The second-order valence-corrected chi connectivity index (χ2v) is 4.81. The van der Waals surface area contributed by atoms with Crippen LogP contribution in [-0.2, 0) is 0 Å². The summed E-state index contributed by atoms with van der Waals surface area (Å²) in [7, 11) is 0. The molecule has 2 aromatic rings. The number of alkyl halides is 1. The predicted molar refractivity (Wildman–Crippen MR) is 75.3 cm³/mol. The smallest absolute Gasteiger partial charge is 0.215 e. The summed E-state index contributed by atoms with van der Waals surface area (Å²) in [6.07, 6.45) is 0. The maximum atomic E-state index is 12.0. The van der Waals surface area contributed by atoms with Gasteiger partial charge in [0.25, 0.3) is 0 Å². The van der Waals surface area contributed by atoms with E-state index in [9.17, 15) is 4.79 Å². The molecule has 2 nitrogen and oxygen atoms in total. The van der Waals surface area contributed by atoms with Gasteiger partial charge in [-0.1, -0.05) is 48.0 Å². The van der Waals surface area contributed by atoms with E-state index in [1.54, 1.807) is 12.1 Å². The largest absolute Gasteiger partial charge is 0.471 e. The molecule has 1 atom stereocenters. The Hall–Kier alpha value is -1.61. The Morgan fingerprint density at radius 1 is 1.06 bits per heavy atom. The second-order valence-electron chi connectivity index (χ2n) is 3.98. The van der Waals surface area contributed by atoms with E-state index >= 15 is 0 Å². The van der Waals surface area contributed by atoms with Crippen molar-refractivity contribution in [1.29, 1.82) is 0 Å². The van der Waals surface area contributed by atoms with E-state index in [0.29, 0.717) is 11.3 Å². The van der Waals surface area contributed by atoms with Gasteiger partial charge in [-0.25, -0.2) is 0 Å². The van der Waals surface area contributed by atoms with Gasteiger partial charge in [0, 0.05) is 5.56 Å². The zero-order valence-corrected chi connectivity index (χ0v) is 11.6. The van der Waals surface area contributed by atoms with Crippen molar-refractivity contribution in [1.82, 2.24) is 0 Å². The van der Waals surface area contributed by atoms with Crippen LogP contribution in [0.3, 0.4) is 0 Å². The van der Waals surface area contributed by atoms with Crippen molar-refractivity contribution in [3.8, 4) is 5.75 Å². The van der Waals surface area contributed by atoms with Crippen LogP contribution < -0.4 is 4.74 Å². The number of carbonyl (C=O) groups is 1. The minimum atomic E-state index is -0.664. The van der Waals surface area contributed by atoms with Gasteiger partial charge in [0.1, 0.15) is 5.75 Å². The SMILES string of the molecule is Cc1ccc(OC(Br)C(=O)c2ccccc2)cc1. The van der Waals surface area contributed by atoms with Crippen molar-refractivity contribution in [2.45, 2.75) is 11.9 Å². The average Bonchev–Trinajstić information content (AvgIpc) is 2.41. The quantitative estimate of drug-likeness (QED) is 0.631. The van der Waals surface area contributed by atoms with Crippen LogP contribution in [0.1, 0.15) is 15.9 Å². The van der Waals surface area contributed by atoms with E-state index in [4.69, 9.17) is 4.74 Å². The minimum absolute atomic E-state index is 0.0869. The van der Waals surface area contributed by atoms with Gasteiger partial charge in [0.2, 0.25) is 10.8 Å². The molecule has 0 aliphatic carbocycles. The number of hydrogen-bond acceptors (Lipinski definition) is 2. The molecule has 0 saturated heterocycles. The molecule has 92 valence electrons. The summed E-state index contributed by atoms with van der Waals surface area (Å²) < 4.78 is 5.55. The van der Waals surface area contributed by atoms with Crippen molar-refractivity contribution in [3.63, 3.8) is 0 Å². The Morgan fingerprint density at radius 2 is 1.67 bits per heavy atom. The molecule has 0 radical (unpaired) electrons. The van der Waals surface area contributed by atoms with Crippen LogP contribution in [0.15, 0.2) is 54.6 Å². The maximum absolute atomic E-state index is 12.0. The fourth-order valence-corrected chi connectivity index (χ4v) is 2.00. The first-order valence-electron chi connectivity index (χ1n) is 5.63. The van der Waals surface area contributed by atoms with Gasteiger partial charge >= 0.3 is 0 Å². The van der Waals surface area contributed by atoms with E-state index in [1.165, 1.54) is 0 Å². The number of Topliss-reactive ketones (excluding diaryl/α,β-unsaturated/α-hetero) is 1. The van der Waals surface area contributed by atoms with Crippen LogP contribution in [0.5, 0.6) is 5.75 Å². The average molecular weight is 305 g/mol. The molecule has 18 heavy (non-hydrogen) atoms. The standard InChI is InChI=1S/C15H13BrO2/c1-11-7-9-13(10-8-11)18-15(16)14(17)12-5-3-2-4-6-12/h2-10,15H,1H3. The molecule has 0 bridgehead atoms. The third-order valence-electron chi connectivity index (χ3n) is 2.52. The minimum Gasteiger partial charge on any atom is -0.471 e. The van der Waals surface area contributed by atoms with Crippen molar-refractivity contribution >= 4 is 21.7 Å². The highest BCUT2D eigenvalue weighted by Gasteiger charge is 2.18. The van der Waals surface area contributed by atoms with Gasteiger partial charge < -0.3 is 4.74 Å². The second kappa shape index (κ2) is 5.83. The Bertz CT molecular complexity index is 520. The lowest BCUT2D eigenvalue weighted by Crippen LogP contribution is -2.20. The van der Waals surface area contributed by atoms with E-state index < -0.39 is 5.01 Å². The van der Waals surface area contributed by atoms with Gasteiger partial charge in [-0.3, -0.25) is 4.79 Å². The molecule has 2 aromatic carbocycles. The lowest BCUT2D eigenvalue weighted by Gasteiger charge is -2.12. The molecule has 3 heteroatoms. The molecule has 0 aliphatic rings. The number of ether oxygens (including phenoxy) is 1. The zero-order valence-electron chi connectivity index (χ0n) is 9.97. The van der Waals surface area contributed by atoms with Crippen LogP contribution in [0.2, 0.25) is 0 Å². The molecule has 2 rings (SSSR count). The van der Waals surface area contributed by atoms with Crippen LogP contribution >= 0.6 is 15.9 Å². The van der Waals surface area contributed by atoms with E-state index in [1.807, 2.05) is 49.4 Å². The summed E-state index contributed by atoms with van der Waals surface area (Å²) in [6.45, 7) is 2.00. The van der Waals surface area contributed by atoms with Crippen molar-refractivity contribution in [2.24, 2.45) is 0 Å². The third kappa shape index (κ3) is 3.20. The molecule has 0 spiro atoms. The van der Waals surface area contributed by atoms with Gasteiger partial charge in [0.15, 0.2) is 0 Å². The van der Waals surface area contributed by atoms with E-state index in [2.05, 4.69) is 15.9 Å². The summed E-state index contributed by atoms with van der Waals surface area (Å²) >= 11 is 3.26. The van der Waals surface area contributed by atoms with Gasteiger partial charge in [-0.2, -0.15) is 0 Å². The van der Waals surface area contributed by atoms with Gasteiger partial charge in [-0.05, 0) is 35.0 Å². The Balaban J connectivity index is 2.06. The van der Waals surface area contributed by atoms with Crippen LogP contribution in [0, 0.1) is 6.92 Å². The molecule has 0 aliphatic heterocycles. The molecule has 0 amide bonds. The molecular formula is C15H13BrO2. The number of rotatable bonds is 4. The zero-order chi connectivity index (χ0) is 13.0. The summed E-state index contributed by atoms with van der Waals surface area (Å²) in [5.41, 5.74) is 1.79. The van der Waals surface area contributed by atoms with Crippen LogP contribution in [0.25, 0.3) is 0 Å². The highest BCUT2D eigenvalue weighted by molar-refractivity contribution is 9.09. The number of benzene rings is 2.